The first kappa shape index (κ1) is 75.2. The number of rotatable bonds is 43. The van der Waals surface area contributed by atoms with E-state index in [0.29, 0.717) is 6.29 Å². The topological polar surface area (TPSA) is 608 Å². The van der Waals surface area contributed by atoms with Crippen LogP contribution in [0.4, 0.5) is 0 Å². The van der Waals surface area contributed by atoms with Gasteiger partial charge in [0.05, 0.1) is 55.9 Å². The summed E-state index contributed by atoms with van der Waals surface area (Å²) in [5, 5.41) is 46.1. The molecule has 84 heavy (non-hydrogen) atoms. The van der Waals surface area contributed by atoms with Crippen LogP contribution >= 0.6 is 0 Å². The predicted octanol–water partition coefficient (Wildman–Crippen LogP) is -12.2. The maximum atomic E-state index is 14.2. The van der Waals surface area contributed by atoms with Crippen molar-refractivity contribution in [3.8, 4) is 0 Å². The van der Waals surface area contributed by atoms with E-state index in [1.165, 1.54) is 6.92 Å². The van der Waals surface area contributed by atoms with Crippen LogP contribution in [-0.4, -0.2) is 229 Å². The van der Waals surface area contributed by atoms with Crippen molar-refractivity contribution in [2.75, 3.05) is 13.7 Å². The summed E-state index contributed by atoms with van der Waals surface area (Å²) in [4.78, 5) is 243. The molecule has 0 aliphatic carbocycles. The van der Waals surface area contributed by atoms with Crippen molar-refractivity contribution in [1.82, 2.24) is 69.1 Å². The lowest BCUT2D eigenvalue weighted by atomic mass is 9.99. The molecule has 0 heterocycles. The third-order valence-electron chi connectivity index (χ3n) is 11.0. The molecule has 38 nitrogen and oxygen atoms in total. The SMILES string of the molecule is COC(=O)[C@@H](NC(=O)[C@@H](NC(=O)[C@@H](NC(=O)[C@@H](NC(=O)[C@@H](NC(=O)[C@@H](NC(=O)[C@@H](NC(=O)[C@@H](NC(C)=O)C(=O)CN)C(=O)[C@@H](N)CCC(=O)O)N[C@@H](C)C=O)N[C@@H](C)C=O)N[C@@H](C)C=O)N[C@@H](C)C=O)C(=O)[C@@H](N)CCC(=O)O)N[C@@H](C)C=O. The Morgan fingerprint density at radius 2 is 0.679 bits per heavy atom. The van der Waals surface area contributed by atoms with Crippen LogP contribution in [0.25, 0.3) is 0 Å². The largest absolute Gasteiger partial charge is 0.481 e. The van der Waals surface area contributed by atoms with Crippen LogP contribution in [0.5, 0.6) is 0 Å². The summed E-state index contributed by atoms with van der Waals surface area (Å²) in [6.45, 7) is 5.81. The number of amides is 8. The maximum Gasteiger partial charge on any atom is 0.343 e. The highest BCUT2D eigenvalue weighted by Gasteiger charge is 2.41. The summed E-state index contributed by atoms with van der Waals surface area (Å²) in [5.41, 5.74) is 17.1. The molecule has 0 fully saturated rings. The highest BCUT2D eigenvalue weighted by molar-refractivity contribution is 6.15. The number of methoxy groups -OCH3 is 1. The molecular weight excluding hydrogens is 1130 g/mol. The Labute approximate surface area is 477 Å². The van der Waals surface area contributed by atoms with Gasteiger partial charge in [0.25, 0.3) is 41.4 Å². The van der Waals surface area contributed by atoms with Crippen molar-refractivity contribution in [2.24, 2.45) is 17.2 Å². The van der Waals surface area contributed by atoms with Gasteiger partial charge in [0.1, 0.15) is 31.4 Å². The molecule has 0 bridgehead atoms. The molecule has 21 N–H and O–H groups in total. The Balaban J connectivity index is 7.53. The molecule has 0 aromatic rings. The van der Waals surface area contributed by atoms with E-state index in [9.17, 15) is 96.2 Å². The number of carbonyl (C=O) groups excluding carboxylic acids is 17. The lowest BCUT2D eigenvalue weighted by Crippen LogP contribution is -2.69. The number of Topliss-reactive ketones (excluding diaryl/α,β-unsaturated/α-hetero) is 3. The summed E-state index contributed by atoms with van der Waals surface area (Å²) >= 11 is 0. The van der Waals surface area contributed by atoms with E-state index in [4.69, 9.17) is 22.3 Å². The van der Waals surface area contributed by atoms with Gasteiger partial charge < -0.3 is 98.7 Å². The van der Waals surface area contributed by atoms with Gasteiger partial charge in [-0.05, 0) is 47.5 Å². The van der Waals surface area contributed by atoms with Gasteiger partial charge in [-0.15, -0.1) is 0 Å². The van der Waals surface area contributed by atoms with Crippen molar-refractivity contribution in [3.05, 3.63) is 0 Å². The second-order valence-corrected chi connectivity index (χ2v) is 18.3. The Morgan fingerprint density at radius 3 is 0.952 bits per heavy atom. The normalized spacial score (nSPS) is 16.3. The van der Waals surface area contributed by atoms with Crippen molar-refractivity contribution in [2.45, 2.75) is 158 Å². The van der Waals surface area contributed by atoms with Crippen LogP contribution in [0.2, 0.25) is 0 Å². The number of carboxylic acid groups (broad SMARTS) is 2. The standard InChI is InChI=1S/C46H72N16O22/c1-18(13-63)50-34(42(79)57-31(33(75)25(49)9-11-28(72)73)41(78)62-38(46(83)84-7)54-22(5)17-67)59-44(81)36(52-20(3)15-65)61-45(82)37(53-21(4)16-66)60-43(80)35(51-19(2)14-64)58-40(77)30(32(74)24(48)8-10-27(70)71)56-39(76)29(26(69)12-47)55-23(6)68/h13-22,24-25,29-31,34-38,50-54H,8-12,47-49H2,1-7H3,(H,55,68)(H,56,76)(H,57,79)(H,58,77)(H,59,81)(H,60,80)(H,61,82)(H,62,78)(H,70,71)(H,72,73)/t18-,19-,20-,21-,22-,24-,25-,29-,30-,31-,34+,35+,36+,37+,38+/m0/s1. The minimum atomic E-state index is -2.52. The molecule has 38 heteroatoms. The highest BCUT2D eigenvalue weighted by Crippen LogP contribution is 2.06. The van der Waals surface area contributed by atoms with E-state index in [1.54, 1.807) is 0 Å². The minimum Gasteiger partial charge on any atom is -0.481 e. The van der Waals surface area contributed by atoms with Gasteiger partial charge in [0.2, 0.25) is 5.91 Å². The Kier molecular flexibility index (Phi) is 34.1. The monoisotopic (exact) mass is 1200 g/mol. The van der Waals surface area contributed by atoms with Crippen molar-refractivity contribution >= 4 is 114 Å². The summed E-state index contributed by atoms with van der Waals surface area (Å²) in [7, 11) is 0.883. The first-order valence-electron chi connectivity index (χ1n) is 25.1. The van der Waals surface area contributed by atoms with Crippen molar-refractivity contribution < 1.29 is 106 Å². The number of nitrogens with two attached hydrogens (primary N) is 3. The van der Waals surface area contributed by atoms with E-state index < -0.39 is 206 Å². The fourth-order valence-electron chi connectivity index (χ4n) is 6.52. The fourth-order valence-corrected chi connectivity index (χ4v) is 6.52. The third-order valence-corrected chi connectivity index (χ3v) is 11.0. The van der Waals surface area contributed by atoms with Crippen LogP contribution < -0.4 is 86.3 Å². The first-order valence-corrected chi connectivity index (χ1v) is 25.1. The van der Waals surface area contributed by atoms with Crippen LogP contribution in [0.3, 0.4) is 0 Å². The average Bonchev–Trinajstić information content (AvgIpc) is 3.64. The zero-order valence-corrected chi connectivity index (χ0v) is 46.4. The van der Waals surface area contributed by atoms with Crippen molar-refractivity contribution in [3.63, 3.8) is 0 Å². The lowest BCUT2D eigenvalue weighted by molar-refractivity contribution is -0.148. The number of aliphatic carboxylic acids is 2. The Hall–Kier alpha value is -8.79. The zero-order chi connectivity index (χ0) is 64.7. The predicted molar refractivity (Wildman–Crippen MR) is 280 cm³/mol. The van der Waals surface area contributed by atoms with Crippen LogP contribution in [0, 0.1) is 0 Å². The molecule has 8 amide bonds. The Morgan fingerprint density at radius 1 is 0.417 bits per heavy atom. The van der Waals surface area contributed by atoms with E-state index in [-0.39, 0.29) is 25.1 Å². The number of ether oxygens (including phenoxy) is 1. The van der Waals surface area contributed by atoms with E-state index >= 15 is 0 Å². The van der Waals surface area contributed by atoms with Crippen LogP contribution in [0.15, 0.2) is 0 Å². The van der Waals surface area contributed by atoms with Gasteiger partial charge in [-0.2, -0.15) is 0 Å². The number of ketones is 3. The molecule has 15 atom stereocenters. The number of carboxylic acids is 2. The number of nitrogens with one attached hydrogen (secondary N) is 13. The van der Waals surface area contributed by atoms with Crippen LogP contribution in [0.1, 0.15) is 67.2 Å². The summed E-state index contributed by atoms with van der Waals surface area (Å²) < 4.78 is 4.61. The van der Waals surface area contributed by atoms with E-state index in [2.05, 4.69) is 47.3 Å². The number of hydrogen-bond acceptors (Lipinski definition) is 28. The van der Waals surface area contributed by atoms with Gasteiger partial charge in [-0.3, -0.25) is 88.9 Å². The number of esters is 1. The van der Waals surface area contributed by atoms with Gasteiger partial charge in [0.15, 0.2) is 66.3 Å². The molecule has 0 aliphatic heterocycles. The van der Waals surface area contributed by atoms with Crippen molar-refractivity contribution in [1.29, 1.82) is 0 Å². The maximum absolute atomic E-state index is 14.2. The molecular formula is C46H72N16O22. The van der Waals surface area contributed by atoms with Gasteiger partial charge >= 0.3 is 17.9 Å². The summed E-state index contributed by atoms with van der Waals surface area (Å²) in [5.74, 6) is -19.9. The Bertz CT molecular complexity index is 2450. The molecule has 0 radical (unpaired) electrons. The molecule has 0 unspecified atom stereocenters. The zero-order valence-electron chi connectivity index (χ0n) is 46.4. The first-order chi connectivity index (χ1) is 39.2. The average molecular weight is 1200 g/mol. The molecule has 0 aliphatic rings. The fraction of sp³-hybridized carbons (Fsp3) is 0.587. The second kappa shape index (κ2) is 38.1. The molecule has 468 valence electrons. The molecule has 0 aromatic carbocycles. The summed E-state index contributed by atoms with van der Waals surface area (Å²) in [6, 6.07) is -17.5. The number of aldehydes is 5. The second-order valence-electron chi connectivity index (χ2n) is 18.3. The number of hydrogen-bond donors (Lipinski definition) is 18. The van der Waals surface area contributed by atoms with Gasteiger partial charge in [0, 0.05) is 19.8 Å². The van der Waals surface area contributed by atoms with E-state index in [0.717, 1.165) is 41.7 Å². The molecule has 0 aromatic heterocycles. The number of carbonyl (C=O) groups is 19. The lowest BCUT2D eigenvalue weighted by Gasteiger charge is -2.30. The van der Waals surface area contributed by atoms with E-state index in [1.807, 2.05) is 26.6 Å². The smallest absolute Gasteiger partial charge is 0.343 e. The third kappa shape index (κ3) is 26.9. The summed E-state index contributed by atoms with van der Waals surface area (Å²) in [6.07, 6.45) is -12.6. The molecule has 0 saturated carbocycles. The van der Waals surface area contributed by atoms with Gasteiger partial charge in [-0.1, -0.05) is 0 Å². The quantitative estimate of drug-likeness (QED) is 0.0117. The van der Waals surface area contributed by atoms with Gasteiger partial charge in [-0.25, -0.2) is 4.79 Å². The molecule has 0 spiro atoms. The van der Waals surface area contributed by atoms with Crippen LogP contribution in [-0.2, 0) is 95.8 Å². The molecule has 0 rings (SSSR count). The minimum absolute atomic E-state index is 0.188. The molecule has 0 saturated heterocycles. The highest BCUT2D eigenvalue weighted by atomic mass is 16.5.